The van der Waals surface area contributed by atoms with Crippen molar-refractivity contribution in [3.05, 3.63) is 105 Å². The number of halogens is 4. The summed E-state index contributed by atoms with van der Waals surface area (Å²) in [5.41, 5.74) is 1.15. The summed E-state index contributed by atoms with van der Waals surface area (Å²) in [6.07, 6.45) is 3.98. The highest BCUT2D eigenvalue weighted by Crippen LogP contribution is 2.38. The van der Waals surface area contributed by atoms with Crippen LogP contribution in [0.15, 0.2) is 61.2 Å². The first-order chi connectivity index (χ1) is 32.9. The second-order valence-electron chi connectivity index (χ2n) is 16.3. The number of amides is 2. The van der Waals surface area contributed by atoms with E-state index in [2.05, 4.69) is 41.4 Å². The highest BCUT2D eigenvalue weighted by Gasteiger charge is 2.27. The molecule has 2 aromatic carbocycles. The number of carbonyl (C=O) groups is 3. The molecule has 24 heteroatoms. The van der Waals surface area contributed by atoms with Crippen molar-refractivity contribution in [3.8, 4) is 11.5 Å². The Hall–Kier alpha value is -6.59. The van der Waals surface area contributed by atoms with Gasteiger partial charge < -0.3 is 54.8 Å². The van der Waals surface area contributed by atoms with Crippen LogP contribution in [-0.4, -0.2) is 117 Å². The number of rotatable bonds is 14. The summed E-state index contributed by atoms with van der Waals surface area (Å²) < 4.78 is 64.4. The van der Waals surface area contributed by atoms with Crippen molar-refractivity contribution >= 4 is 64.1 Å². The van der Waals surface area contributed by atoms with Crippen LogP contribution in [0.4, 0.5) is 25.2 Å². The molecule has 0 saturated carbocycles. The molecule has 5 N–H and O–H groups in total. The minimum absolute atomic E-state index is 0.00217. The zero-order valence-corrected chi connectivity index (χ0v) is 40.2. The van der Waals surface area contributed by atoms with E-state index < -0.39 is 59.5 Å². The molecule has 2 amide bonds. The average Bonchev–Trinajstić information content (AvgIpc) is 3.93. The Bertz CT molecular complexity index is 2770. The number of hydrogen-bond donors (Lipinski definition) is 5. The van der Waals surface area contributed by atoms with Gasteiger partial charge in [0.25, 0.3) is 5.91 Å². The van der Waals surface area contributed by atoms with E-state index in [4.69, 9.17) is 51.6 Å². The third-order valence-corrected chi connectivity index (χ3v) is 10.7. The van der Waals surface area contributed by atoms with Gasteiger partial charge in [0.1, 0.15) is 70.5 Å². The van der Waals surface area contributed by atoms with Crippen LogP contribution in [0.1, 0.15) is 85.5 Å². The maximum absolute atomic E-state index is 14.6. The first-order valence-corrected chi connectivity index (χ1v) is 22.3. The summed E-state index contributed by atoms with van der Waals surface area (Å²) in [7, 11) is 1.48. The van der Waals surface area contributed by atoms with Gasteiger partial charge in [-0.05, 0) is 77.9 Å². The van der Waals surface area contributed by atoms with Crippen LogP contribution in [0.2, 0.25) is 10.0 Å². The van der Waals surface area contributed by atoms with Crippen molar-refractivity contribution < 1.29 is 56.7 Å². The molecular weight excluding hydrogens is 949 g/mol. The SMILES string of the molecule is CCOC(=O)c1cnn2ccc(N[C@@H](C)c3c(O[C@@H](CNC(=O)OC(C)(C)C)COCOC)ccc(F)c3Cl)nc12.C[C@H]1Nc2ccn3ncc(c3n2)C(=O)NC[C@@H](CO)Oc2ccc(F)c(Cl)c21. The van der Waals surface area contributed by atoms with E-state index in [1.54, 1.807) is 66.1 Å². The van der Waals surface area contributed by atoms with E-state index in [1.165, 1.54) is 52.8 Å². The van der Waals surface area contributed by atoms with E-state index in [9.17, 15) is 28.3 Å². The first kappa shape index (κ1) is 51.8. The zero-order valence-electron chi connectivity index (χ0n) is 38.6. The van der Waals surface area contributed by atoms with Gasteiger partial charge in [-0.25, -0.2) is 37.4 Å². The number of nitrogens with zero attached hydrogens (tertiary/aromatic N) is 6. The van der Waals surface area contributed by atoms with Crippen LogP contribution in [0.25, 0.3) is 11.3 Å². The van der Waals surface area contributed by atoms with Crippen LogP contribution < -0.4 is 30.7 Å². The third-order valence-electron chi connectivity index (χ3n) is 9.92. The molecule has 0 unspecified atom stereocenters. The number of aliphatic hydroxyl groups is 1. The number of esters is 1. The molecule has 69 heavy (non-hydrogen) atoms. The number of anilines is 2. The first-order valence-electron chi connectivity index (χ1n) is 21.5. The minimum atomic E-state index is -0.751. The summed E-state index contributed by atoms with van der Waals surface area (Å²) in [4.78, 5) is 46.0. The summed E-state index contributed by atoms with van der Waals surface area (Å²) in [6.45, 7) is 10.4. The van der Waals surface area contributed by atoms with Crippen LogP contribution in [0.5, 0.6) is 11.5 Å². The number of aliphatic hydroxyl groups excluding tert-OH is 1. The number of carbonyl (C=O) groups excluding carboxylic acids is 3. The second kappa shape index (κ2) is 23.1. The van der Waals surface area contributed by atoms with E-state index >= 15 is 0 Å². The van der Waals surface area contributed by atoms with Crippen LogP contribution in [0.3, 0.4) is 0 Å². The van der Waals surface area contributed by atoms with Crippen molar-refractivity contribution in [2.75, 3.05) is 57.4 Å². The van der Waals surface area contributed by atoms with E-state index in [0.717, 1.165) is 0 Å². The van der Waals surface area contributed by atoms with E-state index in [-0.39, 0.29) is 72.3 Å². The molecule has 4 atom stereocenters. The monoisotopic (exact) mass is 1000 g/mol. The highest BCUT2D eigenvalue weighted by atomic mass is 35.5. The fourth-order valence-corrected chi connectivity index (χ4v) is 7.46. The molecule has 5 heterocycles. The number of alkyl carbamates (subject to hydrolysis) is 1. The Kier molecular flexibility index (Phi) is 17.4. The molecule has 0 radical (unpaired) electrons. The topological polar surface area (TPSA) is 235 Å². The Morgan fingerprint density at radius 3 is 2.45 bits per heavy atom. The number of ether oxygens (including phenoxy) is 6. The minimum Gasteiger partial charge on any atom is -0.486 e. The average molecular weight is 1000 g/mol. The molecule has 6 aromatic rings. The number of benzene rings is 2. The Labute approximate surface area is 404 Å². The molecule has 7 rings (SSSR count). The third kappa shape index (κ3) is 13.1. The summed E-state index contributed by atoms with van der Waals surface area (Å²) in [6, 6.07) is 7.51. The molecule has 0 spiro atoms. The van der Waals surface area contributed by atoms with Crippen molar-refractivity contribution in [2.24, 2.45) is 0 Å². The van der Waals surface area contributed by atoms with Crippen LogP contribution in [-0.2, 0) is 18.9 Å². The van der Waals surface area contributed by atoms with Gasteiger partial charge in [0.05, 0.1) is 67.4 Å². The fourth-order valence-electron chi connectivity index (χ4n) is 6.82. The second-order valence-corrected chi connectivity index (χ2v) is 17.1. The Morgan fingerprint density at radius 2 is 1.72 bits per heavy atom. The quantitative estimate of drug-likeness (QED) is 0.0422. The van der Waals surface area contributed by atoms with Crippen molar-refractivity contribution in [1.82, 2.24) is 39.8 Å². The molecule has 0 saturated heterocycles. The van der Waals surface area contributed by atoms with Gasteiger partial charge in [-0.15, -0.1) is 0 Å². The molecule has 0 fully saturated rings. The lowest BCUT2D eigenvalue weighted by atomic mass is 10.1. The predicted octanol–water partition coefficient (Wildman–Crippen LogP) is 6.94. The maximum atomic E-state index is 14.6. The summed E-state index contributed by atoms with van der Waals surface area (Å²) in [5, 5.41) is 29.3. The van der Waals surface area contributed by atoms with Gasteiger partial charge in [0, 0.05) is 30.6 Å². The molecule has 1 aliphatic rings. The summed E-state index contributed by atoms with van der Waals surface area (Å²) >= 11 is 12.6. The standard InChI is InChI=1S/C27H35ClFN5O7.C18H17ClFN5O3/c1-7-39-25(35)18-13-31-34-11-10-21(33-24(18)34)32-16(2)22-20(9-8-19(29)23(22)28)40-17(14-38-15-37-6)12-30-26(36)41-27(3,4)5;1-9-15-13(3-2-12(20)16(15)19)28-10(8-26)6-21-18(27)11-7-22-25-5-4-14(23-9)24-17(11)25/h8-11,13,16-17H,7,12,14-15H2,1-6H3,(H,30,36)(H,32,33);2-5,7,9-10,26H,6,8H2,1H3,(H,21,27)(H,23,24)/t16-,17-;9-,10+/m01/s1. The fraction of sp³-hybridized carbons (Fsp3) is 0.400. The maximum Gasteiger partial charge on any atom is 0.407 e. The van der Waals surface area contributed by atoms with E-state index in [0.29, 0.717) is 34.2 Å². The Balaban J connectivity index is 0.000000242. The number of methoxy groups -OCH3 is 1. The van der Waals surface area contributed by atoms with E-state index in [1.807, 2.05) is 0 Å². The molecular formula is C45H52Cl2F2N10O10. The molecule has 4 aromatic heterocycles. The van der Waals surface area contributed by atoms with Gasteiger partial charge in [-0.1, -0.05) is 23.2 Å². The van der Waals surface area contributed by atoms with Gasteiger partial charge in [-0.3, -0.25) is 4.79 Å². The normalized spacial score (nSPS) is 15.7. The number of aromatic nitrogens is 6. The molecule has 2 bridgehead atoms. The van der Waals surface area contributed by atoms with Crippen molar-refractivity contribution in [2.45, 2.75) is 71.4 Å². The lowest BCUT2D eigenvalue weighted by Gasteiger charge is -2.25. The Morgan fingerprint density at radius 1 is 1.01 bits per heavy atom. The van der Waals surface area contributed by atoms with Gasteiger partial charge in [0.2, 0.25) is 0 Å². The number of nitrogens with one attached hydrogen (secondary N) is 4. The number of hydrogen-bond acceptors (Lipinski definition) is 16. The zero-order chi connectivity index (χ0) is 50.0. The molecule has 1 aliphatic heterocycles. The van der Waals surface area contributed by atoms with Crippen molar-refractivity contribution in [1.29, 1.82) is 0 Å². The number of fused-ring (bicyclic) bond motifs is 3. The molecule has 0 aliphatic carbocycles. The predicted molar refractivity (Wildman–Crippen MR) is 249 cm³/mol. The molecule has 370 valence electrons. The summed E-state index contributed by atoms with van der Waals surface area (Å²) in [5.74, 6) is -0.790. The van der Waals surface area contributed by atoms with Gasteiger partial charge >= 0.3 is 12.1 Å². The lowest BCUT2D eigenvalue weighted by Crippen LogP contribution is -2.41. The van der Waals surface area contributed by atoms with Gasteiger partial charge in [0.15, 0.2) is 11.3 Å². The molecule has 20 nitrogen and oxygen atoms in total. The largest absolute Gasteiger partial charge is 0.486 e. The lowest BCUT2D eigenvalue weighted by molar-refractivity contribution is -0.0562. The van der Waals surface area contributed by atoms with Crippen LogP contribution in [0, 0.1) is 11.6 Å². The van der Waals surface area contributed by atoms with Crippen LogP contribution >= 0.6 is 23.2 Å². The highest BCUT2D eigenvalue weighted by molar-refractivity contribution is 6.32. The van der Waals surface area contributed by atoms with Crippen molar-refractivity contribution in [3.63, 3.8) is 0 Å². The van der Waals surface area contributed by atoms with Gasteiger partial charge in [-0.2, -0.15) is 10.2 Å². The smallest absolute Gasteiger partial charge is 0.407 e.